The number of unbranched alkanes of at least 4 members (excludes halogenated alkanes) is 3. The second-order valence-electron chi connectivity index (χ2n) is 3.86. The zero-order valence-electron chi connectivity index (χ0n) is 9.51. The molecule has 1 rings (SSSR count). The van der Waals surface area contributed by atoms with Crippen molar-refractivity contribution in [3.8, 4) is 0 Å². The van der Waals surface area contributed by atoms with E-state index in [9.17, 15) is 0 Å². The summed E-state index contributed by atoms with van der Waals surface area (Å²) in [5, 5.41) is 0. The van der Waals surface area contributed by atoms with Gasteiger partial charge in [-0.3, -0.25) is 0 Å². The molecule has 0 aliphatic heterocycles. The third-order valence-electron chi connectivity index (χ3n) is 2.31. The second kappa shape index (κ2) is 5.74. The molecule has 2 nitrogen and oxygen atoms in total. The molecule has 2 heteroatoms. The van der Waals surface area contributed by atoms with Gasteiger partial charge < -0.3 is 0 Å². The molecule has 0 unspecified atom stereocenters. The van der Waals surface area contributed by atoms with Crippen LogP contribution in [0.2, 0.25) is 0 Å². The van der Waals surface area contributed by atoms with E-state index in [4.69, 9.17) is 0 Å². The van der Waals surface area contributed by atoms with Crippen LogP contribution in [-0.2, 0) is 6.42 Å². The molecule has 14 heavy (non-hydrogen) atoms. The van der Waals surface area contributed by atoms with Crippen LogP contribution in [0.1, 0.15) is 49.8 Å². The first kappa shape index (κ1) is 11.2. The largest absolute Gasteiger partial charge is 0.239 e. The van der Waals surface area contributed by atoms with Gasteiger partial charge in [-0.15, -0.1) is 0 Å². The summed E-state index contributed by atoms with van der Waals surface area (Å²) < 4.78 is 0. The number of hydrogen-bond acceptors (Lipinski definition) is 2. The lowest BCUT2D eigenvalue weighted by Crippen LogP contribution is -1.97. The number of rotatable bonds is 5. The molecule has 1 heterocycles. The van der Waals surface area contributed by atoms with Gasteiger partial charge in [0, 0.05) is 11.4 Å². The zero-order chi connectivity index (χ0) is 10.4. The van der Waals surface area contributed by atoms with Crippen molar-refractivity contribution in [2.45, 2.75) is 52.9 Å². The van der Waals surface area contributed by atoms with Crippen LogP contribution in [-0.4, -0.2) is 9.97 Å². The van der Waals surface area contributed by atoms with Crippen molar-refractivity contribution in [2.24, 2.45) is 0 Å². The summed E-state index contributed by atoms with van der Waals surface area (Å²) in [4.78, 5) is 8.69. The predicted molar refractivity (Wildman–Crippen MR) is 59.4 cm³/mol. The molecule has 0 fully saturated rings. The van der Waals surface area contributed by atoms with Gasteiger partial charge in [-0.25, -0.2) is 9.97 Å². The minimum atomic E-state index is 0.899. The first-order valence-corrected chi connectivity index (χ1v) is 5.53. The minimum Gasteiger partial charge on any atom is -0.239 e. The van der Waals surface area contributed by atoms with E-state index in [0.29, 0.717) is 0 Å². The standard InChI is InChI=1S/C12H20N2/c1-4-5-6-7-8-12-9-10(2)13-11(3)14-12/h9H,4-8H2,1-3H3. The predicted octanol–water partition coefficient (Wildman–Crippen LogP) is 3.22. The Hall–Kier alpha value is -0.920. The average Bonchev–Trinajstić information content (AvgIpc) is 2.11. The molecule has 0 saturated heterocycles. The van der Waals surface area contributed by atoms with E-state index in [-0.39, 0.29) is 0 Å². The summed E-state index contributed by atoms with van der Waals surface area (Å²) in [6, 6.07) is 2.10. The summed E-state index contributed by atoms with van der Waals surface area (Å²) in [6.45, 7) is 6.23. The van der Waals surface area contributed by atoms with Gasteiger partial charge in [-0.1, -0.05) is 26.2 Å². The first-order chi connectivity index (χ1) is 6.72. The van der Waals surface area contributed by atoms with Gasteiger partial charge in [0.2, 0.25) is 0 Å². The molecule has 0 saturated carbocycles. The van der Waals surface area contributed by atoms with E-state index in [0.717, 1.165) is 17.9 Å². The normalized spacial score (nSPS) is 10.5. The third kappa shape index (κ3) is 3.86. The lowest BCUT2D eigenvalue weighted by Gasteiger charge is -2.02. The maximum Gasteiger partial charge on any atom is 0.125 e. The van der Waals surface area contributed by atoms with Gasteiger partial charge in [0.05, 0.1) is 0 Å². The van der Waals surface area contributed by atoms with E-state index in [1.165, 1.54) is 31.4 Å². The highest BCUT2D eigenvalue weighted by atomic mass is 14.9. The Labute approximate surface area is 86.8 Å². The molecule has 0 aliphatic rings. The molecule has 0 radical (unpaired) electrons. The fraction of sp³-hybridized carbons (Fsp3) is 0.667. The van der Waals surface area contributed by atoms with Crippen molar-refractivity contribution < 1.29 is 0 Å². The molecular formula is C12H20N2. The highest BCUT2D eigenvalue weighted by Gasteiger charge is 1.98. The first-order valence-electron chi connectivity index (χ1n) is 5.53. The van der Waals surface area contributed by atoms with E-state index >= 15 is 0 Å². The van der Waals surface area contributed by atoms with Crippen LogP contribution in [0.5, 0.6) is 0 Å². The molecule has 0 atom stereocenters. The SMILES string of the molecule is CCCCCCc1cc(C)nc(C)n1. The van der Waals surface area contributed by atoms with Gasteiger partial charge >= 0.3 is 0 Å². The molecule has 0 N–H and O–H groups in total. The van der Waals surface area contributed by atoms with Crippen molar-refractivity contribution in [2.75, 3.05) is 0 Å². The van der Waals surface area contributed by atoms with Gasteiger partial charge in [0.25, 0.3) is 0 Å². The molecule has 1 aromatic rings. The van der Waals surface area contributed by atoms with Crippen molar-refractivity contribution >= 4 is 0 Å². The van der Waals surface area contributed by atoms with Crippen LogP contribution in [0, 0.1) is 13.8 Å². The Balaban J connectivity index is 2.42. The summed E-state index contributed by atoms with van der Waals surface area (Å²) in [5.74, 6) is 0.899. The third-order valence-corrected chi connectivity index (χ3v) is 2.31. The molecule has 0 bridgehead atoms. The van der Waals surface area contributed by atoms with Crippen LogP contribution in [0.3, 0.4) is 0 Å². The topological polar surface area (TPSA) is 25.8 Å². The van der Waals surface area contributed by atoms with Gasteiger partial charge in [0.1, 0.15) is 5.82 Å². The molecule has 1 aromatic heterocycles. The van der Waals surface area contributed by atoms with Crippen LogP contribution >= 0.6 is 0 Å². The monoisotopic (exact) mass is 192 g/mol. The van der Waals surface area contributed by atoms with Crippen molar-refractivity contribution in [1.82, 2.24) is 9.97 Å². The fourth-order valence-electron chi connectivity index (χ4n) is 1.65. The number of aromatic nitrogens is 2. The van der Waals surface area contributed by atoms with Crippen LogP contribution < -0.4 is 0 Å². The minimum absolute atomic E-state index is 0.899. The maximum absolute atomic E-state index is 4.42. The highest BCUT2D eigenvalue weighted by molar-refractivity contribution is 5.09. The summed E-state index contributed by atoms with van der Waals surface area (Å²) in [7, 11) is 0. The lowest BCUT2D eigenvalue weighted by atomic mass is 10.1. The average molecular weight is 192 g/mol. The quantitative estimate of drug-likeness (QED) is 0.669. The summed E-state index contributed by atoms with van der Waals surface area (Å²) >= 11 is 0. The Kier molecular flexibility index (Phi) is 4.57. The number of aryl methyl sites for hydroxylation is 3. The van der Waals surface area contributed by atoms with Crippen LogP contribution in [0.25, 0.3) is 0 Å². The van der Waals surface area contributed by atoms with E-state index < -0.39 is 0 Å². The van der Waals surface area contributed by atoms with Crippen LogP contribution in [0.15, 0.2) is 6.07 Å². The molecular weight excluding hydrogens is 172 g/mol. The molecule has 0 amide bonds. The van der Waals surface area contributed by atoms with E-state index in [1.807, 2.05) is 13.8 Å². The molecule has 78 valence electrons. The molecule has 0 aliphatic carbocycles. The van der Waals surface area contributed by atoms with E-state index in [2.05, 4.69) is 23.0 Å². The van der Waals surface area contributed by atoms with Crippen molar-refractivity contribution in [1.29, 1.82) is 0 Å². The Morgan fingerprint density at radius 1 is 1.07 bits per heavy atom. The fourth-order valence-corrected chi connectivity index (χ4v) is 1.65. The molecule has 0 aromatic carbocycles. The van der Waals surface area contributed by atoms with E-state index in [1.54, 1.807) is 0 Å². The van der Waals surface area contributed by atoms with Crippen LogP contribution in [0.4, 0.5) is 0 Å². The summed E-state index contributed by atoms with van der Waals surface area (Å²) in [6.07, 6.45) is 6.30. The Morgan fingerprint density at radius 2 is 1.86 bits per heavy atom. The molecule has 0 spiro atoms. The summed E-state index contributed by atoms with van der Waals surface area (Å²) in [5.41, 5.74) is 2.29. The Bertz CT molecular complexity index is 261. The number of hydrogen-bond donors (Lipinski definition) is 0. The smallest absolute Gasteiger partial charge is 0.125 e. The maximum atomic E-state index is 4.42. The Morgan fingerprint density at radius 3 is 2.50 bits per heavy atom. The van der Waals surface area contributed by atoms with Gasteiger partial charge in [0.15, 0.2) is 0 Å². The van der Waals surface area contributed by atoms with Gasteiger partial charge in [-0.2, -0.15) is 0 Å². The zero-order valence-corrected chi connectivity index (χ0v) is 9.51. The second-order valence-corrected chi connectivity index (χ2v) is 3.86. The van der Waals surface area contributed by atoms with Gasteiger partial charge in [-0.05, 0) is 32.8 Å². The number of nitrogens with zero attached hydrogens (tertiary/aromatic N) is 2. The van der Waals surface area contributed by atoms with Crippen molar-refractivity contribution in [3.05, 3.63) is 23.3 Å². The highest BCUT2D eigenvalue weighted by Crippen LogP contribution is 2.07. The lowest BCUT2D eigenvalue weighted by molar-refractivity contribution is 0.658. The van der Waals surface area contributed by atoms with Crippen molar-refractivity contribution in [3.63, 3.8) is 0 Å².